The van der Waals surface area contributed by atoms with Crippen LogP contribution in [-0.4, -0.2) is 44.2 Å². The molecule has 0 aliphatic carbocycles. The van der Waals surface area contributed by atoms with Crippen molar-refractivity contribution in [3.05, 3.63) is 47.0 Å². The number of carbonyl (C=O) groups excluding carboxylic acids is 1. The minimum Gasteiger partial charge on any atom is -0.337 e. The van der Waals surface area contributed by atoms with E-state index in [1.54, 1.807) is 0 Å². The second-order valence-electron chi connectivity index (χ2n) is 7.16. The maximum absolute atomic E-state index is 12.9. The highest BCUT2D eigenvalue weighted by Gasteiger charge is 2.28. The van der Waals surface area contributed by atoms with Crippen molar-refractivity contribution in [1.29, 1.82) is 0 Å². The Hall–Kier alpha value is -2.21. The number of hydrogen-bond acceptors (Lipinski definition) is 4. The molecule has 2 atom stereocenters. The van der Waals surface area contributed by atoms with Gasteiger partial charge in [-0.25, -0.2) is 9.67 Å². The molecule has 3 heterocycles. The Morgan fingerprint density at radius 2 is 2.08 bits per heavy atom. The second kappa shape index (κ2) is 6.59. The van der Waals surface area contributed by atoms with E-state index >= 15 is 0 Å². The Morgan fingerprint density at radius 3 is 2.92 bits per heavy atom. The van der Waals surface area contributed by atoms with E-state index in [0.717, 1.165) is 50.5 Å². The number of carbonyl (C=O) groups is 1. The predicted octanol–water partition coefficient (Wildman–Crippen LogP) is 1.46. The summed E-state index contributed by atoms with van der Waals surface area (Å²) in [5.41, 5.74) is 2.64. The Bertz CT molecular complexity index is 784. The molecule has 25 heavy (non-hydrogen) atoms. The van der Waals surface area contributed by atoms with Gasteiger partial charge in [-0.1, -0.05) is 24.3 Å². The van der Waals surface area contributed by atoms with Crippen LogP contribution in [0.15, 0.2) is 24.3 Å². The first kappa shape index (κ1) is 16.3. The van der Waals surface area contributed by atoms with Gasteiger partial charge in [0, 0.05) is 25.6 Å². The molecule has 4 rings (SSSR count). The number of rotatable bonds is 3. The first-order valence-corrected chi connectivity index (χ1v) is 9.12. The van der Waals surface area contributed by atoms with Crippen LogP contribution >= 0.6 is 0 Å². The molecule has 1 N–H and O–H groups in total. The molecule has 132 valence electrons. The molecule has 1 amide bonds. The Balaban J connectivity index is 1.37. The monoisotopic (exact) mass is 339 g/mol. The van der Waals surface area contributed by atoms with Crippen molar-refractivity contribution in [2.45, 2.75) is 58.3 Å². The van der Waals surface area contributed by atoms with Crippen LogP contribution in [0, 0.1) is 6.92 Å². The van der Waals surface area contributed by atoms with Gasteiger partial charge in [-0.05, 0) is 37.8 Å². The molecule has 2 aromatic rings. The largest absolute Gasteiger partial charge is 0.337 e. The smallest absolute Gasteiger partial charge is 0.239 e. The van der Waals surface area contributed by atoms with Gasteiger partial charge in [0.25, 0.3) is 0 Å². The van der Waals surface area contributed by atoms with Gasteiger partial charge in [-0.3, -0.25) is 4.79 Å². The summed E-state index contributed by atoms with van der Waals surface area (Å²) in [6, 6.07) is 8.50. The van der Waals surface area contributed by atoms with Gasteiger partial charge >= 0.3 is 0 Å². The van der Waals surface area contributed by atoms with Crippen LogP contribution in [-0.2, 0) is 30.7 Å². The topological polar surface area (TPSA) is 63.1 Å². The average Bonchev–Trinajstić information content (AvgIpc) is 3.00. The zero-order chi connectivity index (χ0) is 17.4. The lowest BCUT2D eigenvalue weighted by Gasteiger charge is -2.33. The van der Waals surface area contributed by atoms with Crippen molar-refractivity contribution in [2.75, 3.05) is 6.54 Å². The molecule has 0 spiro atoms. The van der Waals surface area contributed by atoms with Crippen LogP contribution in [0.1, 0.15) is 36.1 Å². The molecule has 2 aliphatic rings. The van der Waals surface area contributed by atoms with Crippen LogP contribution in [0.2, 0.25) is 0 Å². The van der Waals surface area contributed by atoms with E-state index < -0.39 is 0 Å². The molecule has 2 aliphatic heterocycles. The van der Waals surface area contributed by atoms with Crippen LogP contribution in [0.5, 0.6) is 0 Å². The van der Waals surface area contributed by atoms with Crippen molar-refractivity contribution < 1.29 is 4.79 Å². The quantitative estimate of drug-likeness (QED) is 0.920. The molecule has 0 saturated carbocycles. The lowest BCUT2D eigenvalue weighted by atomic mass is 9.99. The van der Waals surface area contributed by atoms with Crippen LogP contribution in [0.25, 0.3) is 0 Å². The molecule has 0 unspecified atom stereocenters. The molecular formula is C19H25N5O. The number of nitrogens with zero attached hydrogens (tertiary/aromatic N) is 4. The summed E-state index contributed by atoms with van der Waals surface area (Å²) in [6.07, 6.45) is 2.86. The molecule has 1 aromatic carbocycles. The second-order valence-corrected chi connectivity index (χ2v) is 7.16. The van der Waals surface area contributed by atoms with Crippen molar-refractivity contribution in [2.24, 2.45) is 0 Å². The summed E-state index contributed by atoms with van der Waals surface area (Å²) in [5.74, 6) is 2.07. The van der Waals surface area contributed by atoms with Crippen molar-refractivity contribution in [3.8, 4) is 0 Å². The molecule has 0 fully saturated rings. The molecule has 0 radical (unpaired) electrons. The summed E-state index contributed by atoms with van der Waals surface area (Å²) in [4.78, 5) is 19.3. The summed E-state index contributed by atoms with van der Waals surface area (Å²) >= 11 is 0. The third-order valence-corrected chi connectivity index (χ3v) is 5.26. The lowest BCUT2D eigenvalue weighted by Crippen LogP contribution is -2.51. The third kappa shape index (κ3) is 3.31. The Labute approximate surface area is 148 Å². The lowest BCUT2D eigenvalue weighted by molar-refractivity contribution is -0.134. The van der Waals surface area contributed by atoms with Crippen molar-refractivity contribution >= 4 is 5.91 Å². The molecule has 1 aromatic heterocycles. The van der Waals surface area contributed by atoms with Crippen LogP contribution in [0.3, 0.4) is 0 Å². The SMILES string of the molecule is Cc1nc2n(n1)C[C@@H](N[C@@H](C)C(=O)N1CCc3ccccc3C1)CC2. The average molecular weight is 339 g/mol. The third-order valence-electron chi connectivity index (χ3n) is 5.26. The fourth-order valence-electron chi connectivity index (χ4n) is 3.95. The van der Waals surface area contributed by atoms with E-state index in [-0.39, 0.29) is 18.0 Å². The van der Waals surface area contributed by atoms with E-state index in [1.165, 1.54) is 11.1 Å². The van der Waals surface area contributed by atoms with E-state index in [4.69, 9.17) is 0 Å². The van der Waals surface area contributed by atoms with E-state index in [9.17, 15) is 4.79 Å². The first-order chi connectivity index (χ1) is 12.1. The van der Waals surface area contributed by atoms with Gasteiger partial charge in [0.05, 0.1) is 12.6 Å². The number of fused-ring (bicyclic) bond motifs is 2. The highest BCUT2D eigenvalue weighted by atomic mass is 16.2. The fourth-order valence-corrected chi connectivity index (χ4v) is 3.95. The van der Waals surface area contributed by atoms with E-state index in [1.807, 2.05) is 29.5 Å². The maximum Gasteiger partial charge on any atom is 0.239 e. The minimum absolute atomic E-state index is 0.179. The molecule has 0 saturated heterocycles. The number of nitrogens with one attached hydrogen (secondary N) is 1. The number of aromatic nitrogens is 3. The number of amides is 1. The van der Waals surface area contributed by atoms with Crippen LogP contribution in [0.4, 0.5) is 0 Å². The maximum atomic E-state index is 12.9. The zero-order valence-corrected chi connectivity index (χ0v) is 14.9. The standard InChI is InChI=1S/C19H25N5O/c1-13(20-17-7-8-18-21-14(2)22-24(18)12-17)19(25)23-10-9-15-5-3-4-6-16(15)11-23/h3-6,13,17,20H,7-12H2,1-2H3/t13-,17-/m0/s1. The van der Waals surface area contributed by atoms with Gasteiger partial charge < -0.3 is 10.2 Å². The number of benzene rings is 1. The summed E-state index contributed by atoms with van der Waals surface area (Å²) in [7, 11) is 0. The van der Waals surface area contributed by atoms with Gasteiger partial charge in [0.1, 0.15) is 11.6 Å². The highest BCUT2D eigenvalue weighted by molar-refractivity contribution is 5.81. The number of hydrogen-bond donors (Lipinski definition) is 1. The number of aryl methyl sites for hydroxylation is 2. The van der Waals surface area contributed by atoms with Gasteiger partial charge in [-0.15, -0.1) is 0 Å². The highest BCUT2D eigenvalue weighted by Crippen LogP contribution is 2.19. The summed E-state index contributed by atoms with van der Waals surface area (Å²) in [6.45, 7) is 6.22. The normalized spacial score (nSPS) is 20.7. The molecular weight excluding hydrogens is 314 g/mol. The molecule has 6 heteroatoms. The zero-order valence-electron chi connectivity index (χ0n) is 14.9. The fraction of sp³-hybridized carbons (Fsp3) is 0.526. The van der Waals surface area contributed by atoms with Gasteiger partial charge in [0.2, 0.25) is 5.91 Å². The van der Waals surface area contributed by atoms with Gasteiger partial charge in [-0.2, -0.15) is 5.10 Å². The minimum atomic E-state index is -0.179. The van der Waals surface area contributed by atoms with Gasteiger partial charge in [0.15, 0.2) is 0 Å². The van der Waals surface area contributed by atoms with Crippen molar-refractivity contribution in [3.63, 3.8) is 0 Å². The summed E-state index contributed by atoms with van der Waals surface area (Å²) < 4.78 is 1.98. The predicted molar refractivity (Wildman–Crippen MR) is 95.0 cm³/mol. The molecule has 6 nitrogen and oxygen atoms in total. The first-order valence-electron chi connectivity index (χ1n) is 9.12. The van der Waals surface area contributed by atoms with E-state index in [2.05, 4.69) is 33.6 Å². The Kier molecular flexibility index (Phi) is 4.29. The van der Waals surface area contributed by atoms with Crippen LogP contribution < -0.4 is 5.32 Å². The summed E-state index contributed by atoms with van der Waals surface area (Å²) in [5, 5.41) is 7.95. The Morgan fingerprint density at radius 1 is 1.28 bits per heavy atom. The molecule has 0 bridgehead atoms. The van der Waals surface area contributed by atoms with Crippen molar-refractivity contribution in [1.82, 2.24) is 25.0 Å². The van der Waals surface area contributed by atoms with E-state index in [0.29, 0.717) is 0 Å².